The largest absolute Gasteiger partial charge is 0.626 e. The molecule has 0 bridgehead atoms. The van der Waals surface area contributed by atoms with Crippen molar-refractivity contribution in [2.45, 2.75) is 23.6 Å². The highest BCUT2D eigenvalue weighted by Crippen LogP contribution is 2.58. The minimum Gasteiger partial charge on any atom is -0.626 e. The number of aliphatic carboxylic acids is 1. The molecule has 0 saturated carbocycles. The number of aliphatic hydroxyl groups is 1. The maximum atomic E-state index is 12.7. The molecule has 3 rings (SSSR count). The smallest absolute Gasteiger partial charge is 0.392 e. The number of nitrogens with zero attached hydrogens (tertiary/aromatic N) is 3. The van der Waals surface area contributed by atoms with Gasteiger partial charge >= 0.3 is 5.97 Å². The second-order valence-corrected chi connectivity index (χ2v) is 8.61. The molecule has 0 spiro atoms. The van der Waals surface area contributed by atoms with E-state index in [2.05, 4.69) is 10.2 Å². The van der Waals surface area contributed by atoms with Gasteiger partial charge in [-0.25, -0.2) is 4.79 Å². The zero-order valence-electron chi connectivity index (χ0n) is 11.4. The summed E-state index contributed by atoms with van der Waals surface area (Å²) in [6, 6.07) is 0. The van der Waals surface area contributed by atoms with E-state index in [-0.39, 0.29) is 18.2 Å². The van der Waals surface area contributed by atoms with Crippen LogP contribution in [0.3, 0.4) is 0 Å². The molecule has 4 atom stereocenters. The van der Waals surface area contributed by atoms with Crippen molar-refractivity contribution in [3.05, 3.63) is 21.5 Å². The van der Waals surface area contributed by atoms with E-state index in [4.69, 9.17) is 4.42 Å². The lowest BCUT2D eigenvalue weighted by atomic mass is 9.93. The minimum absolute atomic E-state index is 0.109. The molecule has 1 unspecified atom stereocenters. The molecule has 0 aliphatic carbocycles. The number of carboxylic acid groups (broad SMARTS) is 1. The number of hydrogen-bond donors (Lipinski definition) is 2. The summed E-state index contributed by atoms with van der Waals surface area (Å²) < 4.78 is 4.63. The maximum absolute atomic E-state index is 12.7. The van der Waals surface area contributed by atoms with Crippen LogP contribution in [-0.2, 0) is 4.79 Å². The van der Waals surface area contributed by atoms with Crippen molar-refractivity contribution in [2.75, 3.05) is 11.6 Å². The molecule has 1 fully saturated rings. The molecular weight excluding hydrogens is 350 g/mol. The van der Waals surface area contributed by atoms with Gasteiger partial charge in [-0.3, -0.25) is 0 Å². The number of rotatable bonds is 6. The third-order valence-electron chi connectivity index (χ3n) is 3.59. The fourth-order valence-electron chi connectivity index (χ4n) is 2.49. The van der Waals surface area contributed by atoms with Gasteiger partial charge in [0.1, 0.15) is 4.24 Å². The third-order valence-corrected chi connectivity index (χ3v) is 7.40. The number of carboxylic acids is 1. The number of hydroxylamine groups is 3. The van der Waals surface area contributed by atoms with Crippen LogP contribution in [0.4, 0.5) is 0 Å². The van der Waals surface area contributed by atoms with Gasteiger partial charge in [0.15, 0.2) is 5.37 Å². The molecule has 1 aromatic rings. The Morgan fingerprint density at radius 3 is 3.05 bits per heavy atom. The van der Waals surface area contributed by atoms with Gasteiger partial charge in [0.05, 0.1) is 23.7 Å². The average molecular weight is 363 g/mol. The summed E-state index contributed by atoms with van der Waals surface area (Å²) in [5, 5.41) is 39.4. The lowest BCUT2D eigenvalue weighted by Gasteiger charge is -2.56. The average Bonchev–Trinajstić information content (AvgIpc) is 3.00. The van der Waals surface area contributed by atoms with Gasteiger partial charge in [-0.05, 0) is 18.7 Å². The Kier molecular flexibility index (Phi) is 4.45. The van der Waals surface area contributed by atoms with Crippen molar-refractivity contribution in [3.63, 3.8) is 0 Å². The Morgan fingerprint density at radius 1 is 1.68 bits per heavy atom. The van der Waals surface area contributed by atoms with Crippen molar-refractivity contribution in [1.29, 1.82) is 0 Å². The van der Waals surface area contributed by atoms with Crippen molar-refractivity contribution < 1.29 is 24.1 Å². The first-order valence-electron chi connectivity index (χ1n) is 6.37. The minimum atomic E-state index is -1.20. The van der Waals surface area contributed by atoms with Crippen molar-refractivity contribution >= 4 is 41.3 Å². The Balaban J connectivity index is 1.70. The van der Waals surface area contributed by atoms with Crippen molar-refractivity contribution in [1.82, 2.24) is 10.2 Å². The Hall–Kier alpha value is -0.720. The first-order chi connectivity index (χ1) is 10.4. The van der Waals surface area contributed by atoms with E-state index in [1.165, 1.54) is 41.7 Å². The van der Waals surface area contributed by atoms with Gasteiger partial charge in [-0.15, -0.1) is 22.0 Å². The molecule has 120 valence electrons. The lowest BCUT2D eigenvalue weighted by molar-refractivity contribution is -0.902. The van der Waals surface area contributed by atoms with Crippen molar-refractivity contribution in [3.8, 4) is 0 Å². The zero-order chi connectivity index (χ0) is 15.9. The molecule has 22 heavy (non-hydrogen) atoms. The Morgan fingerprint density at radius 2 is 2.45 bits per heavy atom. The van der Waals surface area contributed by atoms with Crippen LogP contribution >= 0.6 is 35.3 Å². The number of thioether (sulfide) groups is 3. The topological polar surface area (TPSA) is 120 Å². The van der Waals surface area contributed by atoms with Gasteiger partial charge in [0, 0.05) is 0 Å². The summed E-state index contributed by atoms with van der Waals surface area (Å²) in [6.07, 6.45) is 0.598. The van der Waals surface area contributed by atoms with Gasteiger partial charge in [-0.2, -0.15) is 0 Å². The molecule has 0 radical (unpaired) electrons. The predicted molar refractivity (Wildman–Crippen MR) is 82.3 cm³/mol. The number of quaternary nitrogens is 1. The Labute approximate surface area is 138 Å². The molecule has 2 aliphatic rings. The summed E-state index contributed by atoms with van der Waals surface area (Å²) in [5.74, 6) is -1.38. The van der Waals surface area contributed by atoms with E-state index in [0.29, 0.717) is 14.5 Å². The maximum Gasteiger partial charge on any atom is 0.392 e. The van der Waals surface area contributed by atoms with E-state index in [9.17, 15) is 20.2 Å². The van der Waals surface area contributed by atoms with E-state index < -0.39 is 22.1 Å². The lowest BCUT2D eigenvalue weighted by Crippen LogP contribution is -2.66. The van der Waals surface area contributed by atoms with Gasteiger partial charge in [0.25, 0.3) is 5.22 Å². The molecule has 0 aromatic carbocycles. The number of aromatic nitrogens is 2. The number of hydrogen-bond acceptors (Lipinski definition) is 9. The first kappa shape index (κ1) is 16.1. The monoisotopic (exact) mass is 363 g/mol. The fraction of sp³-hybridized carbons (Fsp3) is 0.545. The van der Waals surface area contributed by atoms with Crippen LogP contribution in [-0.4, -0.2) is 54.1 Å². The number of aliphatic hydroxyl groups excluding tert-OH is 1. The van der Waals surface area contributed by atoms with Crippen LogP contribution in [0.25, 0.3) is 0 Å². The summed E-state index contributed by atoms with van der Waals surface area (Å²) >= 11 is 3.81. The highest BCUT2D eigenvalue weighted by atomic mass is 32.2. The van der Waals surface area contributed by atoms with E-state index in [1.807, 2.05) is 0 Å². The molecule has 2 N–H and O–H groups in total. The molecule has 8 nitrogen and oxygen atoms in total. The van der Waals surface area contributed by atoms with Crippen molar-refractivity contribution in [2.24, 2.45) is 5.92 Å². The van der Waals surface area contributed by atoms with Crippen LogP contribution in [0.1, 0.15) is 6.92 Å². The zero-order valence-corrected chi connectivity index (χ0v) is 13.9. The molecule has 11 heteroatoms. The molecule has 1 aromatic heterocycles. The van der Waals surface area contributed by atoms with Crippen LogP contribution in [0.5, 0.6) is 0 Å². The molecule has 1 saturated heterocycles. The highest BCUT2D eigenvalue weighted by Gasteiger charge is 2.61. The summed E-state index contributed by atoms with van der Waals surface area (Å²) in [6.45, 7) is 1.74. The first-order valence-corrected chi connectivity index (χ1v) is 9.22. The van der Waals surface area contributed by atoms with Crippen LogP contribution in [0.2, 0.25) is 0 Å². The third kappa shape index (κ3) is 2.65. The van der Waals surface area contributed by atoms with Crippen LogP contribution in [0.15, 0.2) is 26.0 Å². The summed E-state index contributed by atoms with van der Waals surface area (Å²) in [4.78, 5) is 11.5. The summed E-state index contributed by atoms with van der Waals surface area (Å²) in [7, 11) is 0. The normalized spacial score (nSPS) is 31.8. The quantitative estimate of drug-likeness (QED) is 0.333. The van der Waals surface area contributed by atoms with Crippen LogP contribution in [0, 0.1) is 11.1 Å². The van der Waals surface area contributed by atoms with E-state index in [1.54, 1.807) is 6.92 Å². The second kappa shape index (κ2) is 6.06. The van der Waals surface area contributed by atoms with E-state index in [0.717, 1.165) is 0 Å². The SMILES string of the molecule is C[C@@H](O)[C@@H]1C[N+]2([O-])C(C(=O)O)=C(SCSc3nnco3)S[C@H]12. The van der Waals surface area contributed by atoms with E-state index >= 15 is 0 Å². The van der Waals surface area contributed by atoms with Gasteiger partial charge in [-0.1, -0.05) is 11.8 Å². The van der Waals surface area contributed by atoms with Gasteiger partial charge in [0.2, 0.25) is 12.1 Å². The number of carbonyl (C=O) groups is 1. The molecular formula is C11H13N3O5S3. The van der Waals surface area contributed by atoms with Gasteiger partial charge < -0.3 is 24.5 Å². The standard InChI is InChI=1S/C11H13N3O5S3/c1-5(15)6-2-14(18)7(9(16)17)10(22-8(6)14)20-4-21-11-13-12-3-19-11/h3,5-6,8,15H,2,4H2,1H3,(H,16,17)/t5-,6+,8-,14?/m1/s1. The van der Waals surface area contributed by atoms with Crippen LogP contribution < -0.4 is 0 Å². The Bertz CT molecular complexity index is 608. The highest BCUT2D eigenvalue weighted by molar-refractivity contribution is 8.27. The fourth-order valence-corrected chi connectivity index (χ4v) is 6.58. The predicted octanol–water partition coefficient (Wildman–Crippen LogP) is 1.50. The molecule has 2 aliphatic heterocycles. The molecule has 3 heterocycles. The molecule has 0 amide bonds. The second-order valence-electron chi connectivity index (χ2n) is 4.94. The summed E-state index contributed by atoms with van der Waals surface area (Å²) in [5.41, 5.74) is -0.122. The number of fused-ring (bicyclic) bond motifs is 1.